The van der Waals surface area contributed by atoms with Crippen LogP contribution in [0.2, 0.25) is 0 Å². The number of rotatable bonds is 16. The number of nitrogens with zero attached hydrogens (tertiary/aromatic N) is 10. The van der Waals surface area contributed by atoms with Crippen LogP contribution < -0.4 is 10.9 Å². The molecule has 0 aromatic rings. The van der Waals surface area contributed by atoms with Crippen molar-refractivity contribution in [3.8, 4) is 0 Å². The molecule has 212 valence electrons. The van der Waals surface area contributed by atoms with E-state index in [2.05, 4.69) is 0 Å². The maximum Gasteiger partial charge on any atom is 0.241 e. The smallest absolute Gasteiger partial charge is 0.235 e. The number of halogens is 8. The Labute approximate surface area is 191 Å². The molecule has 0 saturated carbocycles. The summed E-state index contributed by atoms with van der Waals surface area (Å²) in [5.41, 5.74) is -4.89. The van der Waals surface area contributed by atoms with Gasteiger partial charge in [0.15, 0.2) is 20.1 Å². The van der Waals surface area contributed by atoms with Crippen LogP contribution in [0, 0.1) is 40.5 Å². The second kappa shape index (κ2) is 14.5. The number of hydrogen-bond acceptors (Lipinski definition) is 12. The summed E-state index contributed by atoms with van der Waals surface area (Å²) < 4.78 is 99.8. The standard InChI is InChI=1S/C5H10F4N6O4.C3H6F4N6O4/c1-10(14(16)17)3-5(12(6)7,13(8)9)4-11(2)15(18)19;4-10(5)3(11(6)7,1-8-12(14)15)2-9-13(16)17/h3-4H2,1-2H3;8-9H,1-2H2. The third kappa shape index (κ3) is 10.1. The summed E-state index contributed by atoms with van der Waals surface area (Å²) in [5, 5.41) is 27.0. The Morgan fingerprint density at radius 3 is 1.00 bits per heavy atom. The van der Waals surface area contributed by atoms with E-state index in [1.54, 1.807) is 0 Å². The van der Waals surface area contributed by atoms with E-state index in [-0.39, 0.29) is 10.0 Å². The average Bonchev–Trinajstić information content (AvgIpc) is 2.72. The molecule has 28 heteroatoms. The molecule has 0 radical (unpaired) electrons. The van der Waals surface area contributed by atoms with Gasteiger partial charge in [-0.2, -0.15) is 0 Å². The Kier molecular flexibility index (Phi) is 13.8. The highest BCUT2D eigenvalue weighted by Gasteiger charge is 2.53. The topological polar surface area (TPSA) is 216 Å². The van der Waals surface area contributed by atoms with Crippen molar-refractivity contribution in [3.63, 3.8) is 0 Å². The first-order valence-electron chi connectivity index (χ1n) is 8.20. The molecule has 0 rings (SSSR count). The summed E-state index contributed by atoms with van der Waals surface area (Å²) in [4.78, 5) is 40.3. The zero-order valence-corrected chi connectivity index (χ0v) is 17.6. The lowest BCUT2D eigenvalue weighted by molar-refractivity contribution is -0.667. The van der Waals surface area contributed by atoms with Crippen molar-refractivity contribution in [1.29, 1.82) is 0 Å². The van der Waals surface area contributed by atoms with Crippen molar-refractivity contribution >= 4 is 0 Å². The largest absolute Gasteiger partial charge is 0.241 e. The Hall–Kier alpha value is -3.92. The Morgan fingerprint density at radius 1 is 0.583 bits per heavy atom. The predicted octanol–water partition coefficient (Wildman–Crippen LogP) is -0.541. The number of nitro groups is 4. The van der Waals surface area contributed by atoms with Crippen LogP contribution in [-0.4, -0.2) is 103 Å². The van der Waals surface area contributed by atoms with Gasteiger partial charge in [-0.1, -0.05) is 35.9 Å². The van der Waals surface area contributed by atoms with Gasteiger partial charge in [0.25, 0.3) is 0 Å². The fourth-order valence-electron chi connectivity index (χ4n) is 1.91. The van der Waals surface area contributed by atoms with E-state index < -0.39 is 79.0 Å². The highest BCUT2D eigenvalue weighted by atomic mass is 19.4. The fourth-order valence-corrected chi connectivity index (χ4v) is 1.91. The van der Waals surface area contributed by atoms with Gasteiger partial charge in [0.1, 0.15) is 26.2 Å². The van der Waals surface area contributed by atoms with Gasteiger partial charge in [-0.3, -0.25) is 0 Å². The number of likely N-dealkylation sites (N-methyl/N-ethyl adjacent to an activating group) is 2. The van der Waals surface area contributed by atoms with Crippen molar-refractivity contribution in [2.75, 3.05) is 40.3 Å². The van der Waals surface area contributed by atoms with Gasteiger partial charge in [-0.05, 0) is 0 Å². The molecule has 20 nitrogen and oxygen atoms in total. The second-order valence-electron chi connectivity index (χ2n) is 6.19. The summed E-state index contributed by atoms with van der Waals surface area (Å²) in [6.45, 7) is -6.06. The molecule has 0 fully saturated rings. The number of hydrogen-bond donors (Lipinski definition) is 2. The van der Waals surface area contributed by atoms with Crippen molar-refractivity contribution < 1.29 is 56.0 Å². The summed E-state index contributed by atoms with van der Waals surface area (Å²) in [6, 6.07) is 0. The summed E-state index contributed by atoms with van der Waals surface area (Å²) in [7, 11) is 1.35. The van der Waals surface area contributed by atoms with E-state index in [9.17, 15) is 76.3 Å². The number of nitrogens with one attached hydrogen (secondary N) is 2. The molecule has 0 bridgehead atoms. The lowest BCUT2D eigenvalue weighted by Gasteiger charge is -2.33. The Bertz CT molecular complexity index is 692. The van der Waals surface area contributed by atoms with Crippen LogP contribution in [0.4, 0.5) is 35.9 Å². The molecule has 0 aliphatic heterocycles. The zero-order chi connectivity index (χ0) is 29.0. The first-order valence-corrected chi connectivity index (χ1v) is 8.20. The molecular weight excluding hydrogens is 544 g/mol. The van der Waals surface area contributed by atoms with Crippen molar-refractivity contribution in [3.05, 3.63) is 40.5 Å². The third-order valence-corrected chi connectivity index (χ3v) is 3.76. The molecule has 0 aliphatic rings. The van der Waals surface area contributed by atoms with E-state index in [1.165, 1.54) is 0 Å². The molecular formula is C8H16F8N12O8. The summed E-state index contributed by atoms with van der Waals surface area (Å²) in [6.07, 6.45) is 0. The van der Waals surface area contributed by atoms with Crippen molar-refractivity contribution in [2.24, 2.45) is 0 Å². The minimum atomic E-state index is -3.54. The van der Waals surface area contributed by atoms with Gasteiger partial charge in [-0.25, -0.2) is 40.5 Å². The van der Waals surface area contributed by atoms with Gasteiger partial charge in [-0.15, -0.1) is 20.9 Å². The molecule has 0 aromatic carbocycles. The molecule has 36 heavy (non-hydrogen) atoms. The summed E-state index contributed by atoms with van der Waals surface area (Å²) in [5.74, 6) is 0. The van der Waals surface area contributed by atoms with Crippen molar-refractivity contribution in [2.45, 2.75) is 11.3 Å². The van der Waals surface area contributed by atoms with Crippen LogP contribution >= 0.6 is 0 Å². The van der Waals surface area contributed by atoms with E-state index in [0.717, 1.165) is 10.9 Å². The molecule has 0 saturated heterocycles. The van der Waals surface area contributed by atoms with Crippen LogP contribution in [-0.2, 0) is 0 Å². The van der Waals surface area contributed by atoms with Crippen LogP contribution in [0.3, 0.4) is 0 Å². The van der Waals surface area contributed by atoms with Crippen LogP contribution in [0.1, 0.15) is 0 Å². The predicted molar refractivity (Wildman–Crippen MR) is 90.9 cm³/mol. The highest BCUT2D eigenvalue weighted by Crippen LogP contribution is 2.26. The Balaban J connectivity index is 0. The van der Waals surface area contributed by atoms with Gasteiger partial charge >= 0.3 is 0 Å². The molecule has 2 N–H and O–H groups in total. The van der Waals surface area contributed by atoms with Gasteiger partial charge in [0, 0.05) is 0 Å². The zero-order valence-electron chi connectivity index (χ0n) is 17.6. The fraction of sp³-hybridized carbons (Fsp3) is 1.00. The van der Waals surface area contributed by atoms with Crippen molar-refractivity contribution in [1.82, 2.24) is 42.2 Å². The molecule has 0 aromatic heterocycles. The average molecular weight is 560 g/mol. The third-order valence-electron chi connectivity index (χ3n) is 3.76. The van der Waals surface area contributed by atoms with Crippen LogP contribution in [0.5, 0.6) is 0 Å². The molecule has 0 aliphatic carbocycles. The van der Waals surface area contributed by atoms with E-state index in [4.69, 9.17) is 0 Å². The second-order valence-corrected chi connectivity index (χ2v) is 6.19. The Morgan fingerprint density at radius 2 is 0.833 bits per heavy atom. The van der Waals surface area contributed by atoms with E-state index in [0.29, 0.717) is 14.1 Å². The lowest BCUT2D eigenvalue weighted by Crippen LogP contribution is -2.62. The first kappa shape index (κ1) is 34.2. The monoisotopic (exact) mass is 560 g/mol. The first-order chi connectivity index (χ1) is 16.3. The normalized spacial score (nSPS) is 11.7. The minimum absolute atomic E-state index is 0.0356. The number of hydrazine groups is 4. The van der Waals surface area contributed by atoms with Gasteiger partial charge < -0.3 is 0 Å². The van der Waals surface area contributed by atoms with Crippen LogP contribution in [0.25, 0.3) is 0 Å². The van der Waals surface area contributed by atoms with E-state index in [1.807, 2.05) is 0 Å². The maximum atomic E-state index is 12.7. The van der Waals surface area contributed by atoms with Gasteiger partial charge in [0.2, 0.25) is 11.3 Å². The van der Waals surface area contributed by atoms with Gasteiger partial charge in [0.05, 0.1) is 35.5 Å². The highest BCUT2D eigenvalue weighted by molar-refractivity contribution is 4.82. The molecule has 0 amide bonds. The maximum absolute atomic E-state index is 12.7. The molecule has 0 heterocycles. The lowest BCUT2D eigenvalue weighted by atomic mass is 10.2. The molecule has 0 unspecified atom stereocenters. The van der Waals surface area contributed by atoms with E-state index >= 15 is 0 Å². The van der Waals surface area contributed by atoms with Crippen LogP contribution in [0.15, 0.2) is 0 Å². The summed E-state index contributed by atoms with van der Waals surface area (Å²) >= 11 is 0. The molecule has 0 atom stereocenters. The molecule has 0 spiro atoms. The quantitative estimate of drug-likeness (QED) is 0.0796. The SMILES string of the molecule is CN(CC(CN(C)[N+](=O)[O-])(N(F)F)N(F)F)[N+](=O)[O-].O=[N+]([O-])NCC(CN[N+](=O)[O-])(N(F)F)N(F)F. The minimum Gasteiger partial charge on any atom is -0.235 e.